The van der Waals surface area contributed by atoms with Crippen LogP contribution in [0, 0.1) is 0 Å². The Labute approximate surface area is 171 Å². The van der Waals surface area contributed by atoms with Gasteiger partial charge in [-0.3, -0.25) is 9.88 Å². The summed E-state index contributed by atoms with van der Waals surface area (Å²) in [5.41, 5.74) is 7.30. The number of hydrogen-bond donors (Lipinski definition) is 1. The molecule has 0 radical (unpaired) electrons. The minimum atomic E-state index is 0.325. The lowest BCUT2D eigenvalue weighted by molar-refractivity contribution is 0.292. The zero-order valence-corrected chi connectivity index (χ0v) is 16.3. The number of hydrogen-bond acceptors (Lipinski definition) is 4. The number of rotatable bonds is 6. The van der Waals surface area contributed by atoms with Gasteiger partial charge in [0.1, 0.15) is 18.1 Å². The third-order valence-electron chi connectivity index (χ3n) is 5.69. The van der Waals surface area contributed by atoms with E-state index in [2.05, 4.69) is 46.3 Å². The molecule has 0 amide bonds. The van der Waals surface area contributed by atoms with E-state index in [1.54, 1.807) is 6.07 Å². The first-order valence-electron chi connectivity index (χ1n) is 10.2. The van der Waals surface area contributed by atoms with Gasteiger partial charge in [-0.2, -0.15) is 0 Å². The Balaban J connectivity index is 1.52. The number of benzene rings is 2. The predicted octanol–water partition coefficient (Wildman–Crippen LogP) is 4.39. The number of phenols is 1. The maximum absolute atomic E-state index is 9.95. The monoisotopic (exact) mass is 384 g/mol. The third kappa shape index (κ3) is 3.89. The molecule has 1 aromatic heterocycles. The van der Waals surface area contributed by atoms with Crippen LogP contribution in [-0.4, -0.2) is 41.2 Å². The smallest absolute Gasteiger partial charge is 0.119 e. The normalized spacial score (nSPS) is 15.9. The summed E-state index contributed by atoms with van der Waals surface area (Å²) < 4.78 is 5.90. The number of aromatic hydroxyl groups is 1. The summed E-state index contributed by atoms with van der Waals surface area (Å²) in [5.74, 6) is 1.23. The van der Waals surface area contributed by atoms with Crippen molar-refractivity contribution in [2.45, 2.75) is 12.8 Å². The van der Waals surface area contributed by atoms with Crippen LogP contribution in [0.5, 0.6) is 11.5 Å². The molecule has 2 heterocycles. The molecule has 5 rings (SSSR count). The first kappa shape index (κ1) is 18.0. The summed E-state index contributed by atoms with van der Waals surface area (Å²) in [7, 11) is 0. The zero-order chi connectivity index (χ0) is 19.6. The molecule has 0 bridgehead atoms. The van der Waals surface area contributed by atoms with E-state index in [9.17, 15) is 5.11 Å². The van der Waals surface area contributed by atoms with Crippen LogP contribution in [0.3, 0.4) is 0 Å². The molecule has 0 unspecified atom stereocenters. The second-order valence-corrected chi connectivity index (χ2v) is 7.65. The van der Waals surface area contributed by atoms with Crippen molar-refractivity contribution in [3.8, 4) is 11.5 Å². The number of nitrogens with zero attached hydrogens (tertiary/aromatic N) is 2. The van der Waals surface area contributed by atoms with E-state index in [-0.39, 0.29) is 0 Å². The summed E-state index contributed by atoms with van der Waals surface area (Å²) in [5, 5.41) is 9.95. The lowest BCUT2D eigenvalue weighted by Gasteiger charge is -2.25. The second kappa shape index (κ2) is 7.72. The Morgan fingerprint density at radius 2 is 1.69 bits per heavy atom. The van der Waals surface area contributed by atoms with E-state index in [1.165, 1.54) is 46.5 Å². The number of aromatic nitrogens is 1. The number of phenolic OH excluding ortho intramolecular Hbond substituents is 1. The van der Waals surface area contributed by atoms with E-state index >= 15 is 0 Å². The molecule has 1 aliphatic carbocycles. The molecular formula is C25H24N2O2. The van der Waals surface area contributed by atoms with Gasteiger partial charge < -0.3 is 9.84 Å². The van der Waals surface area contributed by atoms with Crippen LogP contribution >= 0.6 is 0 Å². The molecule has 0 atom stereocenters. The molecule has 0 spiro atoms. The molecule has 4 nitrogen and oxygen atoms in total. The number of pyridine rings is 1. The van der Waals surface area contributed by atoms with Gasteiger partial charge in [0.25, 0.3) is 0 Å². The van der Waals surface area contributed by atoms with Crippen LogP contribution in [0.25, 0.3) is 11.1 Å². The summed E-state index contributed by atoms with van der Waals surface area (Å²) in [6.07, 6.45) is 5.55. The molecule has 29 heavy (non-hydrogen) atoms. The molecule has 3 aromatic rings. The molecule has 4 heteroatoms. The maximum atomic E-state index is 9.95. The topological polar surface area (TPSA) is 45.4 Å². The molecule has 1 aliphatic heterocycles. The first-order chi connectivity index (χ1) is 14.3. The molecule has 1 saturated heterocycles. The Morgan fingerprint density at radius 1 is 0.897 bits per heavy atom. The second-order valence-electron chi connectivity index (χ2n) is 7.65. The summed E-state index contributed by atoms with van der Waals surface area (Å²) in [4.78, 5) is 6.53. The highest BCUT2D eigenvalue weighted by molar-refractivity contribution is 6.00. The van der Waals surface area contributed by atoms with Crippen LogP contribution in [0.4, 0.5) is 0 Å². The van der Waals surface area contributed by atoms with Gasteiger partial charge >= 0.3 is 0 Å². The minimum absolute atomic E-state index is 0.325. The van der Waals surface area contributed by atoms with Gasteiger partial charge in [-0.1, -0.05) is 18.2 Å². The number of allylic oxidation sites excluding steroid dienone is 1. The summed E-state index contributed by atoms with van der Waals surface area (Å²) in [6.45, 7) is 4.12. The first-order valence-corrected chi connectivity index (χ1v) is 10.2. The van der Waals surface area contributed by atoms with Crippen LogP contribution in [0.15, 0.2) is 67.0 Å². The van der Waals surface area contributed by atoms with E-state index in [4.69, 9.17) is 4.74 Å². The number of aryl methyl sites for hydroxylation is 1. The highest BCUT2D eigenvalue weighted by Crippen LogP contribution is 2.41. The van der Waals surface area contributed by atoms with Crippen molar-refractivity contribution in [3.63, 3.8) is 0 Å². The minimum Gasteiger partial charge on any atom is -0.508 e. The average Bonchev–Trinajstić information content (AvgIpc) is 3.58. The van der Waals surface area contributed by atoms with Crippen molar-refractivity contribution in [2.75, 3.05) is 26.2 Å². The van der Waals surface area contributed by atoms with Crippen LogP contribution in [0.1, 0.15) is 28.7 Å². The maximum Gasteiger partial charge on any atom is 0.119 e. The van der Waals surface area contributed by atoms with Crippen LogP contribution in [0.2, 0.25) is 0 Å². The van der Waals surface area contributed by atoms with Gasteiger partial charge in [-0.15, -0.1) is 0 Å². The van der Waals surface area contributed by atoms with E-state index < -0.39 is 0 Å². The highest BCUT2D eigenvalue weighted by atomic mass is 16.5. The van der Waals surface area contributed by atoms with Crippen molar-refractivity contribution in [1.82, 2.24) is 9.88 Å². The Kier molecular flexibility index (Phi) is 4.78. The van der Waals surface area contributed by atoms with Gasteiger partial charge in [0.15, 0.2) is 0 Å². The van der Waals surface area contributed by atoms with Crippen molar-refractivity contribution >= 4 is 11.1 Å². The fourth-order valence-corrected chi connectivity index (χ4v) is 4.05. The molecule has 0 saturated carbocycles. The predicted molar refractivity (Wildman–Crippen MR) is 115 cm³/mol. The fraction of sp³-hybridized carbons (Fsp3) is 0.240. The third-order valence-corrected chi connectivity index (χ3v) is 5.69. The number of fused-ring (bicyclic) bond motifs is 1. The Morgan fingerprint density at radius 3 is 2.45 bits per heavy atom. The Bertz CT molecular complexity index is 1040. The molecule has 1 N–H and O–H groups in total. The van der Waals surface area contributed by atoms with Gasteiger partial charge in [0, 0.05) is 32.0 Å². The summed E-state index contributed by atoms with van der Waals surface area (Å²) >= 11 is 0. The number of ether oxygens (including phenoxy) is 1. The fourth-order valence-electron chi connectivity index (χ4n) is 4.05. The van der Waals surface area contributed by atoms with Gasteiger partial charge in [0.05, 0.1) is 0 Å². The van der Waals surface area contributed by atoms with Crippen molar-refractivity contribution < 1.29 is 9.84 Å². The molecule has 1 fully saturated rings. The van der Waals surface area contributed by atoms with Gasteiger partial charge in [-0.05, 0) is 82.6 Å². The Hall–Kier alpha value is -3.11. The average molecular weight is 384 g/mol. The van der Waals surface area contributed by atoms with Crippen LogP contribution in [-0.2, 0) is 6.42 Å². The summed E-state index contributed by atoms with van der Waals surface area (Å²) in [6, 6.07) is 18.3. The van der Waals surface area contributed by atoms with Crippen molar-refractivity contribution in [3.05, 3.63) is 89.2 Å². The largest absolute Gasteiger partial charge is 0.508 e. The van der Waals surface area contributed by atoms with Gasteiger partial charge in [-0.25, -0.2) is 0 Å². The molecular weight excluding hydrogens is 360 g/mol. The lowest BCUT2D eigenvalue weighted by atomic mass is 9.80. The highest BCUT2D eigenvalue weighted by Gasteiger charge is 2.22. The SMILES string of the molecule is Oc1ccc2c(c1)CCC(c1ccncc1)=C2c1ccc(OCCN2CC2)cc1. The molecule has 2 aliphatic rings. The quantitative estimate of drug-likeness (QED) is 0.641. The van der Waals surface area contributed by atoms with Gasteiger partial charge in [0.2, 0.25) is 0 Å². The van der Waals surface area contributed by atoms with E-state index in [0.717, 1.165) is 31.7 Å². The van der Waals surface area contributed by atoms with Crippen LogP contribution < -0.4 is 4.74 Å². The van der Waals surface area contributed by atoms with Crippen molar-refractivity contribution in [1.29, 1.82) is 0 Å². The van der Waals surface area contributed by atoms with E-state index in [0.29, 0.717) is 5.75 Å². The van der Waals surface area contributed by atoms with Crippen molar-refractivity contribution in [2.24, 2.45) is 0 Å². The zero-order valence-electron chi connectivity index (χ0n) is 16.3. The lowest BCUT2D eigenvalue weighted by Crippen LogP contribution is -2.10. The molecule has 2 aromatic carbocycles. The standard InChI is InChI=1S/C25H24N2O2/c28-21-4-8-24-20(17-21)3-7-23(18-9-11-26-12-10-18)25(24)19-1-5-22(6-2-19)29-16-15-27-13-14-27/h1-2,4-6,8-12,17,28H,3,7,13-16H2. The molecule has 146 valence electrons. The van der Waals surface area contributed by atoms with E-state index in [1.807, 2.05) is 24.5 Å².